The Morgan fingerprint density at radius 3 is 2.79 bits per heavy atom. The van der Waals surface area contributed by atoms with Crippen molar-refractivity contribution in [2.75, 3.05) is 20.3 Å². The predicted octanol–water partition coefficient (Wildman–Crippen LogP) is 4.39. The molecule has 1 saturated heterocycles. The fourth-order valence-electron chi connectivity index (χ4n) is 2.87. The standard InChI is InChI=1S/C21H21NO4S2/c1-3-4-11-26-19(23)13-22-20(24)18(28-21(22)27)12-16-15-8-6-5-7-14(15)9-10-17(16)25-2/h5-10,12H,3-4,11,13H2,1-2H3/b18-12-. The Labute approximate surface area is 173 Å². The number of methoxy groups -OCH3 is 1. The maximum Gasteiger partial charge on any atom is 0.326 e. The molecule has 3 rings (SSSR count). The highest BCUT2D eigenvalue weighted by molar-refractivity contribution is 8.26. The van der Waals surface area contributed by atoms with Crippen molar-refractivity contribution in [3.05, 3.63) is 46.9 Å². The summed E-state index contributed by atoms with van der Waals surface area (Å²) in [4.78, 5) is 26.6. The van der Waals surface area contributed by atoms with Gasteiger partial charge in [-0.25, -0.2) is 0 Å². The van der Waals surface area contributed by atoms with Gasteiger partial charge < -0.3 is 9.47 Å². The van der Waals surface area contributed by atoms with Crippen LogP contribution in [0.2, 0.25) is 0 Å². The first-order valence-corrected chi connectivity index (χ1v) is 10.2. The van der Waals surface area contributed by atoms with Crippen molar-refractivity contribution in [2.45, 2.75) is 19.8 Å². The number of thiocarbonyl (C=S) groups is 1. The number of benzene rings is 2. The van der Waals surface area contributed by atoms with Gasteiger partial charge in [0.1, 0.15) is 16.6 Å². The lowest BCUT2D eigenvalue weighted by atomic mass is 10.0. The van der Waals surface area contributed by atoms with Crippen molar-refractivity contribution in [1.82, 2.24) is 4.90 Å². The lowest BCUT2D eigenvalue weighted by Gasteiger charge is -2.13. The van der Waals surface area contributed by atoms with Crippen LogP contribution in [0.25, 0.3) is 16.8 Å². The van der Waals surface area contributed by atoms with Crippen molar-refractivity contribution in [3.63, 3.8) is 0 Å². The molecule has 0 aliphatic carbocycles. The van der Waals surface area contributed by atoms with Gasteiger partial charge in [0.2, 0.25) is 0 Å². The molecule has 28 heavy (non-hydrogen) atoms. The summed E-state index contributed by atoms with van der Waals surface area (Å²) in [5.74, 6) is -0.0749. The van der Waals surface area contributed by atoms with Gasteiger partial charge in [-0.3, -0.25) is 14.5 Å². The molecule has 0 radical (unpaired) electrons. The average Bonchev–Trinajstić information content (AvgIpc) is 2.96. The number of carbonyl (C=O) groups excluding carboxylic acids is 2. The van der Waals surface area contributed by atoms with E-state index < -0.39 is 5.97 Å². The van der Waals surface area contributed by atoms with Crippen molar-refractivity contribution in [3.8, 4) is 5.75 Å². The van der Waals surface area contributed by atoms with Gasteiger partial charge in [-0.05, 0) is 29.3 Å². The predicted molar refractivity (Wildman–Crippen MR) is 116 cm³/mol. The van der Waals surface area contributed by atoms with Crippen molar-refractivity contribution in [2.24, 2.45) is 0 Å². The number of rotatable bonds is 7. The van der Waals surface area contributed by atoms with E-state index in [1.54, 1.807) is 13.2 Å². The van der Waals surface area contributed by atoms with Crippen LogP contribution in [0, 0.1) is 0 Å². The van der Waals surface area contributed by atoms with E-state index in [0.29, 0.717) is 21.6 Å². The average molecular weight is 416 g/mol. The van der Waals surface area contributed by atoms with Crippen LogP contribution in [0.1, 0.15) is 25.3 Å². The summed E-state index contributed by atoms with van der Waals surface area (Å²) in [5, 5.41) is 2.02. The molecule has 146 valence electrons. The van der Waals surface area contributed by atoms with Crippen LogP contribution >= 0.6 is 24.0 Å². The van der Waals surface area contributed by atoms with Crippen LogP contribution in [0.15, 0.2) is 41.3 Å². The number of nitrogens with zero attached hydrogens (tertiary/aromatic N) is 1. The number of hydrogen-bond acceptors (Lipinski definition) is 6. The van der Waals surface area contributed by atoms with E-state index in [4.69, 9.17) is 21.7 Å². The Bertz CT molecular complexity index is 955. The molecule has 2 aromatic rings. The molecule has 1 heterocycles. The summed E-state index contributed by atoms with van der Waals surface area (Å²) >= 11 is 6.49. The van der Waals surface area contributed by atoms with Crippen molar-refractivity contribution >= 4 is 57.0 Å². The van der Waals surface area contributed by atoms with Gasteiger partial charge in [-0.15, -0.1) is 0 Å². The fourth-order valence-corrected chi connectivity index (χ4v) is 4.11. The van der Waals surface area contributed by atoms with Gasteiger partial charge in [0.05, 0.1) is 18.6 Å². The molecule has 5 nitrogen and oxygen atoms in total. The fraction of sp³-hybridized carbons (Fsp3) is 0.286. The van der Waals surface area contributed by atoms with Crippen LogP contribution in [-0.2, 0) is 14.3 Å². The summed E-state index contributed by atoms with van der Waals surface area (Å²) in [7, 11) is 1.60. The molecule has 1 fully saturated rings. The number of thioether (sulfide) groups is 1. The first-order valence-electron chi connectivity index (χ1n) is 9.02. The Balaban J connectivity index is 1.86. The zero-order valence-electron chi connectivity index (χ0n) is 15.8. The van der Waals surface area contributed by atoms with E-state index in [9.17, 15) is 9.59 Å². The lowest BCUT2D eigenvalue weighted by molar-refractivity contribution is -0.146. The van der Waals surface area contributed by atoms with Crippen molar-refractivity contribution in [1.29, 1.82) is 0 Å². The summed E-state index contributed by atoms with van der Waals surface area (Å²) in [6.45, 7) is 2.20. The molecule has 1 aliphatic heterocycles. The number of unbranched alkanes of at least 4 members (excludes halogenated alkanes) is 1. The molecule has 0 spiro atoms. The number of carbonyl (C=O) groups is 2. The highest BCUT2D eigenvalue weighted by atomic mass is 32.2. The molecule has 7 heteroatoms. The Morgan fingerprint density at radius 2 is 2.04 bits per heavy atom. The molecular formula is C21H21NO4S2. The van der Waals surface area contributed by atoms with Crippen LogP contribution in [-0.4, -0.2) is 41.4 Å². The number of hydrogen-bond donors (Lipinski definition) is 0. The zero-order valence-corrected chi connectivity index (χ0v) is 17.4. The third kappa shape index (κ3) is 4.36. The molecule has 2 aromatic carbocycles. The van der Waals surface area contributed by atoms with Crippen LogP contribution in [0.3, 0.4) is 0 Å². The van der Waals surface area contributed by atoms with Gasteiger partial charge in [-0.1, -0.05) is 67.7 Å². The number of esters is 1. The molecule has 0 unspecified atom stereocenters. The number of amides is 1. The van der Waals surface area contributed by atoms with Crippen LogP contribution in [0.5, 0.6) is 5.75 Å². The van der Waals surface area contributed by atoms with E-state index in [1.165, 1.54) is 16.7 Å². The smallest absolute Gasteiger partial charge is 0.326 e. The molecule has 0 bridgehead atoms. The molecule has 0 N–H and O–H groups in total. The van der Waals surface area contributed by atoms with Gasteiger partial charge in [0.15, 0.2) is 0 Å². The summed E-state index contributed by atoms with van der Waals surface area (Å²) in [6.07, 6.45) is 3.51. The molecule has 0 aromatic heterocycles. The Morgan fingerprint density at radius 1 is 1.25 bits per heavy atom. The molecule has 1 aliphatic rings. The van der Waals surface area contributed by atoms with E-state index >= 15 is 0 Å². The minimum Gasteiger partial charge on any atom is -0.496 e. The second kappa shape index (κ2) is 9.21. The SMILES string of the molecule is CCCCOC(=O)CN1C(=O)/C(=C/c2c(OC)ccc3ccccc23)SC1=S. The third-order valence-corrected chi connectivity index (χ3v) is 5.73. The topological polar surface area (TPSA) is 55.8 Å². The minimum atomic E-state index is -0.450. The van der Waals surface area contributed by atoms with E-state index in [1.807, 2.05) is 43.3 Å². The van der Waals surface area contributed by atoms with Crippen LogP contribution in [0.4, 0.5) is 0 Å². The molecular weight excluding hydrogens is 394 g/mol. The molecule has 0 saturated carbocycles. The third-order valence-electron chi connectivity index (χ3n) is 4.35. The van der Waals surface area contributed by atoms with Gasteiger partial charge >= 0.3 is 5.97 Å². The highest BCUT2D eigenvalue weighted by Gasteiger charge is 2.34. The first kappa shape index (κ1) is 20.4. The second-order valence-corrected chi connectivity index (χ2v) is 7.92. The minimum absolute atomic E-state index is 0.168. The van der Waals surface area contributed by atoms with Gasteiger partial charge in [0.25, 0.3) is 5.91 Å². The maximum absolute atomic E-state index is 12.8. The summed E-state index contributed by atoms with van der Waals surface area (Å²) in [6, 6.07) is 11.7. The Hall–Kier alpha value is -2.38. The highest BCUT2D eigenvalue weighted by Crippen LogP contribution is 2.36. The first-order chi connectivity index (χ1) is 13.5. The molecule has 1 amide bonds. The lowest BCUT2D eigenvalue weighted by Crippen LogP contribution is -2.34. The van der Waals surface area contributed by atoms with E-state index in [2.05, 4.69) is 0 Å². The quantitative estimate of drug-likeness (QED) is 0.289. The van der Waals surface area contributed by atoms with Crippen molar-refractivity contribution < 1.29 is 19.1 Å². The second-order valence-electron chi connectivity index (χ2n) is 6.24. The molecule has 0 atom stereocenters. The number of fused-ring (bicyclic) bond motifs is 1. The Kier molecular flexibility index (Phi) is 6.70. The van der Waals surface area contributed by atoms with Gasteiger partial charge in [0, 0.05) is 5.56 Å². The normalized spacial score (nSPS) is 15.5. The van der Waals surface area contributed by atoms with Gasteiger partial charge in [-0.2, -0.15) is 0 Å². The van der Waals surface area contributed by atoms with E-state index in [0.717, 1.165) is 29.2 Å². The van der Waals surface area contributed by atoms with E-state index in [-0.39, 0.29) is 12.5 Å². The number of ether oxygens (including phenoxy) is 2. The summed E-state index contributed by atoms with van der Waals surface area (Å²) in [5.41, 5.74) is 0.812. The van der Waals surface area contributed by atoms with Crippen LogP contribution < -0.4 is 4.74 Å². The largest absolute Gasteiger partial charge is 0.496 e. The monoisotopic (exact) mass is 415 g/mol. The summed E-state index contributed by atoms with van der Waals surface area (Å²) < 4.78 is 11.0. The maximum atomic E-state index is 12.8. The zero-order chi connectivity index (χ0) is 20.1.